The molecule has 0 amide bonds. The third-order valence-corrected chi connectivity index (χ3v) is 12.2. The smallest absolute Gasteiger partial charge is 0.336 e. The van der Waals surface area contributed by atoms with E-state index in [2.05, 4.69) is 91.0 Å². The second-order valence-electron chi connectivity index (χ2n) is 10.3. The number of unbranched alkanes of at least 4 members (excludes halogenated alkanes) is 5. The molecule has 0 aliphatic heterocycles. The maximum Gasteiger partial charge on any atom is 0.336 e. The summed E-state index contributed by atoms with van der Waals surface area (Å²) in [4.78, 5) is 12.0. The van der Waals surface area contributed by atoms with Gasteiger partial charge in [-0.1, -0.05) is 73.9 Å². The SMILES string of the molecule is O=c1cc(CCCCCCCC[P+](c2ccccc2)(c2ccccc2)c2ccccc2)c2cc(O)c(O)cc2o1.[CH3-]. The molecular weight excluding hydrogens is 527 g/mol. The molecule has 0 saturated heterocycles. The predicted octanol–water partition coefficient (Wildman–Crippen LogP) is 7.53. The quantitative estimate of drug-likeness (QED) is 0.0538. The van der Waals surface area contributed by atoms with Crippen LogP contribution in [0.25, 0.3) is 11.0 Å². The first-order valence-electron chi connectivity index (χ1n) is 14.1. The van der Waals surface area contributed by atoms with Crippen LogP contribution in [-0.4, -0.2) is 16.4 Å². The van der Waals surface area contributed by atoms with Crippen molar-refractivity contribution >= 4 is 34.1 Å². The highest BCUT2D eigenvalue weighted by molar-refractivity contribution is 7.95. The van der Waals surface area contributed by atoms with E-state index in [0.29, 0.717) is 11.0 Å². The molecule has 0 bridgehead atoms. The van der Waals surface area contributed by atoms with E-state index < -0.39 is 12.9 Å². The summed E-state index contributed by atoms with van der Waals surface area (Å²) >= 11 is 0. The van der Waals surface area contributed by atoms with Gasteiger partial charge in [-0.2, -0.15) is 0 Å². The van der Waals surface area contributed by atoms with Gasteiger partial charge in [0, 0.05) is 17.5 Å². The van der Waals surface area contributed by atoms with Gasteiger partial charge < -0.3 is 22.1 Å². The zero-order valence-corrected chi connectivity index (χ0v) is 24.6. The van der Waals surface area contributed by atoms with Crippen LogP contribution in [-0.2, 0) is 6.42 Å². The van der Waals surface area contributed by atoms with Crippen molar-refractivity contribution in [1.29, 1.82) is 0 Å². The van der Waals surface area contributed by atoms with E-state index in [4.69, 9.17) is 4.42 Å². The first-order valence-corrected chi connectivity index (χ1v) is 16.1. The Morgan fingerprint density at radius 1 is 0.585 bits per heavy atom. The molecule has 0 spiro atoms. The standard InChI is InChI=1S/C35H35O4P.CH3/c36-32-25-31-27(24-35(38)39-34(31)26-33(32)37)16-8-3-1-2-4-15-23-40(28-17-9-5-10-18-28,29-19-11-6-12-20-29)30-21-13-7-14-22-30;/h5-7,9-14,17-22,24-26H,1-4,8,15-16,23H2,(H-,36,37,38);1H3/q;-1/p+1. The minimum absolute atomic E-state index is 0. The summed E-state index contributed by atoms with van der Waals surface area (Å²) in [6.45, 7) is 0. The highest BCUT2D eigenvalue weighted by Crippen LogP contribution is 2.56. The monoisotopic (exact) mass is 566 g/mol. The van der Waals surface area contributed by atoms with Gasteiger partial charge in [-0.05, 0) is 73.7 Å². The highest BCUT2D eigenvalue weighted by atomic mass is 31.2. The van der Waals surface area contributed by atoms with Crippen LogP contribution in [0.4, 0.5) is 0 Å². The average Bonchev–Trinajstić information content (AvgIpc) is 2.99. The minimum Gasteiger partial charge on any atom is -0.504 e. The zero-order chi connectivity index (χ0) is 27.8. The van der Waals surface area contributed by atoms with Gasteiger partial charge >= 0.3 is 5.63 Å². The van der Waals surface area contributed by atoms with Crippen molar-refractivity contribution in [1.82, 2.24) is 0 Å². The van der Waals surface area contributed by atoms with Crippen molar-refractivity contribution < 1.29 is 14.6 Å². The number of hydrogen-bond donors (Lipinski definition) is 2. The summed E-state index contributed by atoms with van der Waals surface area (Å²) in [5.74, 6) is -0.492. The lowest BCUT2D eigenvalue weighted by atomic mass is 10.0. The van der Waals surface area contributed by atoms with E-state index in [1.807, 2.05) is 0 Å². The Balaban J connectivity index is 0.00000387. The van der Waals surface area contributed by atoms with Crippen molar-refractivity contribution in [3.8, 4) is 11.5 Å². The van der Waals surface area contributed by atoms with Gasteiger partial charge in [0.05, 0.1) is 6.16 Å². The van der Waals surface area contributed by atoms with Crippen molar-refractivity contribution in [2.45, 2.75) is 44.9 Å². The predicted molar refractivity (Wildman–Crippen MR) is 174 cm³/mol. The summed E-state index contributed by atoms with van der Waals surface area (Å²) < 4.78 is 5.21. The van der Waals surface area contributed by atoms with Crippen molar-refractivity contribution in [3.05, 3.63) is 133 Å². The van der Waals surface area contributed by atoms with Crippen molar-refractivity contribution in [2.24, 2.45) is 0 Å². The molecule has 5 rings (SSSR count). The molecule has 5 aromatic rings. The summed E-state index contributed by atoms with van der Waals surface area (Å²) in [5.41, 5.74) is 0.722. The fourth-order valence-corrected chi connectivity index (χ4v) is 10.1. The van der Waals surface area contributed by atoms with E-state index in [0.717, 1.165) is 37.4 Å². The Bertz CT molecular complexity index is 1480. The zero-order valence-electron chi connectivity index (χ0n) is 23.7. The van der Waals surface area contributed by atoms with Crippen LogP contribution in [0.1, 0.15) is 44.1 Å². The molecule has 0 saturated carbocycles. The third kappa shape index (κ3) is 6.89. The molecule has 212 valence electrons. The van der Waals surface area contributed by atoms with Gasteiger partial charge in [0.1, 0.15) is 28.8 Å². The molecule has 0 fully saturated rings. The maximum atomic E-state index is 12.0. The molecule has 0 unspecified atom stereocenters. The number of rotatable bonds is 12. The first-order chi connectivity index (χ1) is 19.6. The Morgan fingerprint density at radius 2 is 1.05 bits per heavy atom. The molecule has 1 aromatic heterocycles. The van der Waals surface area contributed by atoms with Gasteiger partial charge in [-0.3, -0.25) is 0 Å². The third-order valence-electron chi connectivity index (χ3n) is 7.71. The fourth-order valence-electron chi connectivity index (χ4n) is 5.71. The molecule has 2 N–H and O–H groups in total. The molecule has 4 aromatic carbocycles. The maximum absolute atomic E-state index is 12.0. The molecule has 0 aliphatic carbocycles. The Hall–Kier alpha value is -3.88. The van der Waals surface area contributed by atoms with Gasteiger partial charge in [0.15, 0.2) is 11.5 Å². The topological polar surface area (TPSA) is 70.7 Å². The van der Waals surface area contributed by atoms with Crippen LogP contribution < -0.4 is 21.5 Å². The summed E-state index contributed by atoms with van der Waals surface area (Å²) in [6, 6.07) is 37.4. The number of phenolic OH excluding ortho intramolecular Hbond substituents is 2. The van der Waals surface area contributed by atoms with E-state index in [1.54, 1.807) is 0 Å². The number of aryl methyl sites for hydroxylation is 1. The van der Waals surface area contributed by atoms with Crippen LogP contribution in [0.3, 0.4) is 0 Å². The van der Waals surface area contributed by atoms with Gasteiger partial charge in [0.2, 0.25) is 0 Å². The average molecular weight is 567 g/mol. The van der Waals surface area contributed by atoms with E-state index >= 15 is 0 Å². The lowest BCUT2D eigenvalue weighted by molar-refractivity contribution is 0.403. The summed E-state index contributed by atoms with van der Waals surface area (Å²) in [6.07, 6.45) is 8.56. The molecule has 0 atom stereocenters. The van der Waals surface area contributed by atoms with Crippen LogP contribution in [0, 0.1) is 7.43 Å². The molecule has 5 heteroatoms. The summed E-state index contributed by atoms with van der Waals surface area (Å²) in [7, 11) is -1.77. The molecule has 0 aliphatic rings. The Morgan fingerprint density at radius 3 is 1.59 bits per heavy atom. The normalized spacial score (nSPS) is 11.3. The molecule has 1 heterocycles. The van der Waals surface area contributed by atoms with Crippen LogP contribution in [0.2, 0.25) is 0 Å². The highest BCUT2D eigenvalue weighted by Gasteiger charge is 2.44. The van der Waals surface area contributed by atoms with Crippen LogP contribution >= 0.6 is 7.26 Å². The molecular formula is C36H39O4P. The lowest BCUT2D eigenvalue weighted by Gasteiger charge is -2.27. The Labute approximate surface area is 243 Å². The Kier molecular flexibility index (Phi) is 10.4. The largest absolute Gasteiger partial charge is 0.504 e. The number of phenols is 2. The van der Waals surface area contributed by atoms with Gasteiger partial charge in [0.25, 0.3) is 0 Å². The van der Waals surface area contributed by atoms with Crippen LogP contribution in [0.15, 0.2) is 118 Å². The number of fused-ring (bicyclic) bond motifs is 1. The molecule has 41 heavy (non-hydrogen) atoms. The second-order valence-corrected chi connectivity index (χ2v) is 14.0. The number of hydrogen-bond acceptors (Lipinski definition) is 4. The molecule has 0 radical (unpaired) electrons. The number of aromatic hydroxyl groups is 2. The van der Waals surface area contributed by atoms with Crippen LogP contribution in [0.5, 0.6) is 11.5 Å². The van der Waals surface area contributed by atoms with E-state index in [9.17, 15) is 15.0 Å². The minimum atomic E-state index is -1.77. The van der Waals surface area contributed by atoms with E-state index in [1.165, 1.54) is 53.4 Å². The number of benzene rings is 4. The fraction of sp³-hybridized carbons (Fsp3) is 0.222. The lowest BCUT2D eigenvalue weighted by Crippen LogP contribution is -2.33. The second kappa shape index (κ2) is 14.1. The van der Waals surface area contributed by atoms with Crippen molar-refractivity contribution in [3.63, 3.8) is 0 Å². The summed E-state index contributed by atoms with van der Waals surface area (Å²) in [5, 5.41) is 24.6. The van der Waals surface area contributed by atoms with Gasteiger partial charge in [-0.15, -0.1) is 0 Å². The first kappa shape index (κ1) is 30.1. The van der Waals surface area contributed by atoms with E-state index in [-0.39, 0.29) is 18.9 Å². The van der Waals surface area contributed by atoms with Gasteiger partial charge in [-0.25, -0.2) is 4.79 Å². The van der Waals surface area contributed by atoms with Crippen molar-refractivity contribution in [2.75, 3.05) is 6.16 Å². The molecule has 4 nitrogen and oxygen atoms in total.